The highest BCUT2D eigenvalue weighted by Crippen LogP contribution is 2.18. The number of nitrogens with one attached hydrogen (secondary N) is 1. The minimum absolute atomic E-state index is 0.387. The molecule has 102 valence electrons. The van der Waals surface area contributed by atoms with Crippen LogP contribution in [-0.4, -0.2) is 49.3 Å². The molecule has 0 aromatic carbocycles. The summed E-state index contributed by atoms with van der Waals surface area (Å²) in [6, 6.07) is 1.28. The summed E-state index contributed by atoms with van der Waals surface area (Å²) in [5.41, 5.74) is 0. The lowest BCUT2D eigenvalue weighted by Crippen LogP contribution is -2.55. The topological polar surface area (TPSA) is 24.5 Å². The van der Waals surface area contributed by atoms with Crippen molar-refractivity contribution in [1.82, 2.24) is 10.2 Å². The van der Waals surface area contributed by atoms with Gasteiger partial charge in [0.2, 0.25) is 0 Å². The molecule has 0 bridgehead atoms. The maximum atomic E-state index is 5.77. The van der Waals surface area contributed by atoms with E-state index in [1.54, 1.807) is 0 Å². The first kappa shape index (κ1) is 14.9. The summed E-state index contributed by atoms with van der Waals surface area (Å²) in [6.07, 6.45) is 4.02. The van der Waals surface area contributed by atoms with Crippen LogP contribution in [0.5, 0.6) is 0 Å². The van der Waals surface area contributed by atoms with Gasteiger partial charge in [-0.1, -0.05) is 20.8 Å². The van der Waals surface area contributed by atoms with Gasteiger partial charge >= 0.3 is 0 Å². The van der Waals surface area contributed by atoms with E-state index >= 15 is 0 Å². The molecule has 1 N–H and O–H groups in total. The highest BCUT2D eigenvalue weighted by molar-refractivity contribution is 4.84. The van der Waals surface area contributed by atoms with Crippen LogP contribution in [0.3, 0.4) is 0 Å². The van der Waals surface area contributed by atoms with Gasteiger partial charge in [-0.25, -0.2) is 0 Å². The van der Waals surface area contributed by atoms with Crippen molar-refractivity contribution in [1.29, 1.82) is 0 Å². The van der Waals surface area contributed by atoms with Crippen LogP contribution in [0.15, 0.2) is 0 Å². The van der Waals surface area contributed by atoms with Crippen LogP contribution < -0.4 is 5.32 Å². The number of morpholine rings is 1. The summed E-state index contributed by atoms with van der Waals surface area (Å²) in [5, 5.41) is 3.56. The Morgan fingerprint density at radius 1 is 1.35 bits per heavy atom. The maximum absolute atomic E-state index is 5.77. The Morgan fingerprint density at radius 2 is 2.12 bits per heavy atom. The molecule has 1 aliphatic rings. The summed E-state index contributed by atoms with van der Waals surface area (Å²) in [4.78, 5) is 2.66. The van der Waals surface area contributed by atoms with Gasteiger partial charge < -0.3 is 10.1 Å². The molecular weight excluding hydrogens is 212 g/mol. The minimum Gasteiger partial charge on any atom is -0.376 e. The van der Waals surface area contributed by atoms with E-state index in [-0.39, 0.29) is 0 Å². The average molecular weight is 242 g/mol. The normalized spacial score (nSPS) is 28.2. The van der Waals surface area contributed by atoms with Crippen LogP contribution in [0.25, 0.3) is 0 Å². The third-order valence-corrected chi connectivity index (χ3v) is 3.73. The molecule has 0 amide bonds. The summed E-state index contributed by atoms with van der Waals surface area (Å²) < 4.78 is 5.77. The van der Waals surface area contributed by atoms with E-state index in [1.807, 2.05) is 0 Å². The molecule has 17 heavy (non-hydrogen) atoms. The second kappa shape index (κ2) is 8.06. The van der Waals surface area contributed by atoms with Crippen molar-refractivity contribution in [3.8, 4) is 0 Å². The van der Waals surface area contributed by atoms with Crippen LogP contribution in [-0.2, 0) is 4.74 Å². The molecule has 1 rings (SSSR count). The maximum Gasteiger partial charge on any atom is 0.0674 e. The van der Waals surface area contributed by atoms with Crippen molar-refractivity contribution in [3.63, 3.8) is 0 Å². The molecule has 1 aliphatic heterocycles. The van der Waals surface area contributed by atoms with Gasteiger partial charge in [-0.3, -0.25) is 4.90 Å². The lowest BCUT2D eigenvalue weighted by molar-refractivity contribution is -0.0726. The fourth-order valence-electron chi connectivity index (χ4n) is 2.61. The Morgan fingerprint density at radius 3 is 2.71 bits per heavy atom. The molecule has 0 aliphatic carbocycles. The molecule has 0 spiro atoms. The number of hydrogen-bond donors (Lipinski definition) is 1. The van der Waals surface area contributed by atoms with Crippen LogP contribution in [0.2, 0.25) is 0 Å². The third kappa shape index (κ3) is 4.57. The molecule has 0 aromatic heterocycles. The van der Waals surface area contributed by atoms with Gasteiger partial charge in [0.05, 0.1) is 12.7 Å². The molecule has 3 atom stereocenters. The van der Waals surface area contributed by atoms with Gasteiger partial charge in [0.25, 0.3) is 0 Å². The Balaban J connectivity index is 2.50. The van der Waals surface area contributed by atoms with Gasteiger partial charge in [0.1, 0.15) is 0 Å². The number of ether oxygens (including phenoxy) is 1. The smallest absolute Gasteiger partial charge is 0.0674 e. The summed E-state index contributed by atoms with van der Waals surface area (Å²) in [6.45, 7) is 13.2. The number of nitrogens with zero attached hydrogens (tertiary/aromatic N) is 1. The van der Waals surface area contributed by atoms with Crippen molar-refractivity contribution in [2.45, 2.75) is 65.1 Å². The highest BCUT2D eigenvalue weighted by atomic mass is 16.5. The first-order valence-corrected chi connectivity index (χ1v) is 7.30. The van der Waals surface area contributed by atoms with Gasteiger partial charge in [0.15, 0.2) is 0 Å². The summed E-state index contributed by atoms with van der Waals surface area (Å²) in [7, 11) is 0. The van der Waals surface area contributed by atoms with Gasteiger partial charge in [0, 0.05) is 25.2 Å². The Bertz CT molecular complexity index is 199. The standard InChI is InChI=1S/C14H30N2O/c1-5-8-15-9-13(6-2)16-10-12(4)17-11-14(16)7-3/h12-15H,5-11H2,1-4H3. The largest absolute Gasteiger partial charge is 0.376 e. The molecule has 3 heteroatoms. The number of hydrogen-bond acceptors (Lipinski definition) is 3. The zero-order chi connectivity index (χ0) is 12.7. The van der Waals surface area contributed by atoms with E-state index in [2.05, 4.69) is 37.9 Å². The molecule has 3 nitrogen and oxygen atoms in total. The molecule has 3 unspecified atom stereocenters. The summed E-state index contributed by atoms with van der Waals surface area (Å²) in [5.74, 6) is 0. The van der Waals surface area contributed by atoms with Gasteiger partial charge in [-0.05, 0) is 32.7 Å². The average Bonchev–Trinajstić information content (AvgIpc) is 2.35. The molecule has 0 aromatic rings. The SMILES string of the molecule is CCCNCC(CC)N1CC(C)OCC1CC. The molecule has 0 saturated carbocycles. The highest BCUT2D eigenvalue weighted by Gasteiger charge is 2.29. The molecule has 1 heterocycles. The zero-order valence-corrected chi connectivity index (χ0v) is 12.0. The van der Waals surface area contributed by atoms with E-state index in [9.17, 15) is 0 Å². The van der Waals surface area contributed by atoms with E-state index in [0.717, 1.165) is 26.2 Å². The van der Waals surface area contributed by atoms with Crippen LogP contribution in [0.4, 0.5) is 0 Å². The van der Waals surface area contributed by atoms with Crippen LogP contribution >= 0.6 is 0 Å². The van der Waals surface area contributed by atoms with Crippen molar-refractivity contribution >= 4 is 0 Å². The van der Waals surface area contributed by atoms with Gasteiger partial charge in [-0.15, -0.1) is 0 Å². The van der Waals surface area contributed by atoms with E-state index in [4.69, 9.17) is 4.74 Å². The number of rotatable bonds is 7. The van der Waals surface area contributed by atoms with Crippen molar-refractivity contribution in [3.05, 3.63) is 0 Å². The minimum atomic E-state index is 0.387. The van der Waals surface area contributed by atoms with Crippen LogP contribution in [0, 0.1) is 0 Å². The van der Waals surface area contributed by atoms with Crippen molar-refractivity contribution in [2.75, 3.05) is 26.2 Å². The third-order valence-electron chi connectivity index (χ3n) is 3.73. The molecular formula is C14H30N2O. The lowest BCUT2D eigenvalue weighted by Gasteiger charge is -2.43. The van der Waals surface area contributed by atoms with E-state index < -0.39 is 0 Å². The van der Waals surface area contributed by atoms with Crippen LogP contribution in [0.1, 0.15) is 47.0 Å². The Labute approximate surface area is 107 Å². The van der Waals surface area contributed by atoms with E-state index in [0.29, 0.717) is 18.2 Å². The monoisotopic (exact) mass is 242 g/mol. The van der Waals surface area contributed by atoms with Crippen molar-refractivity contribution in [2.24, 2.45) is 0 Å². The molecule has 1 fully saturated rings. The fraction of sp³-hybridized carbons (Fsp3) is 1.00. The predicted octanol–water partition coefficient (Wildman–Crippen LogP) is 2.26. The Hall–Kier alpha value is -0.120. The second-order valence-electron chi connectivity index (χ2n) is 5.17. The van der Waals surface area contributed by atoms with E-state index in [1.165, 1.54) is 19.3 Å². The summed E-state index contributed by atoms with van der Waals surface area (Å²) >= 11 is 0. The first-order chi connectivity index (χ1) is 8.22. The zero-order valence-electron chi connectivity index (χ0n) is 12.0. The lowest BCUT2D eigenvalue weighted by atomic mass is 10.1. The van der Waals surface area contributed by atoms with Crippen molar-refractivity contribution < 1.29 is 4.74 Å². The molecule has 0 radical (unpaired) electrons. The predicted molar refractivity (Wildman–Crippen MR) is 73.4 cm³/mol. The fourth-order valence-corrected chi connectivity index (χ4v) is 2.61. The Kier molecular flexibility index (Phi) is 7.09. The first-order valence-electron chi connectivity index (χ1n) is 7.30. The van der Waals surface area contributed by atoms with Gasteiger partial charge in [-0.2, -0.15) is 0 Å². The second-order valence-corrected chi connectivity index (χ2v) is 5.17. The molecule has 1 saturated heterocycles. The quantitative estimate of drug-likeness (QED) is 0.693.